The van der Waals surface area contributed by atoms with Gasteiger partial charge in [0.1, 0.15) is 11.8 Å². The second-order valence-electron chi connectivity index (χ2n) is 4.15. The molecule has 1 aliphatic heterocycles. The molecule has 3 N–H and O–H groups in total. The van der Waals surface area contributed by atoms with Crippen LogP contribution < -0.4 is 11.0 Å². The van der Waals surface area contributed by atoms with Gasteiger partial charge in [0.2, 0.25) is 0 Å². The summed E-state index contributed by atoms with van der Waals surface area (Å²) in [6.07, 6.45) is 5.22. The Bertz CT molecular complexity index is 552. The molecule has 0 saturated carbocycles. The van der Waals surface area contributed by atoms with E-state index in [-0.39, 0.29) is 11.7 Å². The lowest BCUT2D eigenvalue weighted by Gasteiger charge is -2.21. The zero-order valence-corrected chi connectivity index (χ0v) is 8.89. The van der Waals surface area contributed by atoms with Gasteiger partial charge in [-0.2, -0.15) is 0 Å². The van der Waals surface area contributed by atoms with Crippen molar-refractivity contribution in [2.75, 3.05) is 13.1 Å². The Hall–Kier alpha value is -1.69. The third kappa shape index (κ3) is 1.42. The molecule has 3 rings (SSSR count). The van der Waals surface area contributed by atoms with Crippen LogP contribution in [0.25, 0.3) is 11.2 Å². The molecule has 2 aromatic heterocycles. The molecular formula is C10H14N5O+. The third-order valence-corrected chi connectivity index (χ3v) is 3.17. The Morgan fingerprint density at radius 2 is 2.25 bits per heavy atom. The van der Waals surface area contributed by atoms with Gasteiger partial charge in [-0.25, -0.2) is 14.8 Å². The second kappa shape index (κ2) is 3.71. The first-order valence-corrected chi connectivity index (χ1v) is 5.58. The molecule has 1 aliphatic rings. The van der Waals surface area contributed by atoms with E-state index in [1.54, 1.807) is 6.20 Å². The zero-order valence-electron chi connectivity index (χ0n) is 8.89. The monoisotopic (exact) mass is 220 g/mol. The number of rotatable bonds is 1. The Labute approximate surface area is 91.7 Å². The van der Waals surface area contributed by atoms with E-state index >= 15 is 0 Å². The molecule has 6 heteroatoms. The van der Waals surface area contributed by atoms with Crippen molar-refractivity contribution in [2.45, 2.75) is 18.9 Å². The van der Waals surface area contributed by atoms with Crippen molar-refractivity contribution in [3.8, 4) is 0 Å². The highest BCUT2D eigenvalue weighted by Gasteiger charge is 2.21. The van der Waals surface area contributed by atoms with Crippen LogP contribution in [0.1, 0.15) is 18.9 Å². The summed E-state index contributed by atoms with van der Waals surface area (Å²) in [4.78, 5) is 22.7. The van der Waals surface area contributed by atoms with E-state index in [2.05, 4.69) is 20.3 Å². The van der Waals surface area contributed by atoms with Crippen LogP contribution in [0.3, 0.4) is 0 Å². The van der Waals surface area contributed by atoms with Gasteiger partial charge in [-0.15, -0.1) is 0 Å². The average molecular weight is 220 g/mol. The molecule has 0 radical (unpaired) electrons. The quantitative estimate of drug-likeness (QED) is 0.648. The van der Waals surface area contributed by atoms with Crippen molar-refractivity contribution in [1.82, 2.24) is 19.5 Å². The lowest BCUT2D eigenvalue weighted by molar-refractivity contribution is -0.664. The number of aromatic amines is 1. The number of hydrogen-bond acceptors (Lipinski definition) is 3. The van der Waals surface area contributed by atoms with Crippen LogP contribution in [-0.4, -0.2) is 32.6 Å². The summed E-state index contributed by atoms with van der Waals surface area (Å²) < 4.78 is 1.81. The molecule has 0 amide bonds. The van der Waals surface area contributed by atoms with Gasteiger partial charge < -0.3 is 5.32 Å². The summed E-state index contributed by atoms with van der Waals surface area (Å²) in [5.74, 6) is 0. The smallest absolute Gasteiger partial charge is 0.327 e. The summed E-state index contributed by atoms with van der Waals surface area (Å²) in [6, 6.07) is 0.289. The van der Waals surface area contributed by atoms with Crippen molar-refractivity contribution in [3.05, 3.63) is 23.0 Å². The molecule has 0 atom stereocenters. The van der Waals surface area contributed by atoms with E-state index in [0.29, 0.717) is 5.65 Å². The molecule has 6 nitrogen and oxygen atoms in total. The molecule has 84 valence electrons. The Morgan fingerprint density at radius 1 is 1.44 bits per heavy atom. The van der Waals surface area contributed by atoms with Crippen molar-refractivity contribution in [3.63, 3.8) is 0 Å². The Kier molecular flexibility index (Phi) is 2.21. The number of quaternary nitrogens is 1. The molecule has 2 aromatic rings. The van der Waals surface area contributed by atoms with Crippen molar-refractivity contribution in [2.24, 2.45) is 0 Å². The molecule has 3 heterocycles. The number of hydrogen-bond donors (Lipinski definition) is 2. The molecule has 0 spiro atoms. The normalized spacial score (nSPS) is 18.0. The SMILES string of the molecule is O=c1[nH]c2ncncc2n1C1CC[NH2+]CC1. The molecule has 0 aliphatic carbocycles. The van der Waals surface area contributed by atoms with Gasteiger partial charge in [0.25, 0.3) is 0 Å². The first-order valence-electron chi connectivity index (χ1n) is 5.58. The molecule has 1 saturated heterocycles. The number of aromatic nitrogens is 4. The van der Waals surface area contributed by atoms with Crippen LogP contribution in [0.15, 0.2) is 17.3 Å². The number of nitrogens with zero attached hydrogens (tertiary/aromatic N) is 3. The zero-order chi connectivity index (χ0) is 11.0. The minimum absolute atomic E-state index is 0.0672. The van der Waals surface area contributed by atoms with Crippen LogP contribution >= 0.6 is 0 Å². The number of imidazole rings is 1. The molecule has 16 heavy (non-hydrogen) atoms. The highest BCUT2D eigenvalue weighted by Crippen LogP contribution is 2.18. The van der Waals surface area contributed by atoms with E-state index in [4.69, 9.17) is 0 Å². The fourth-order valence-corrected chi connectivity index (χ4v) is 2.40. The van der Waals surface area contributed by atoms with Crippen LogP contribution in [-0.2, 0) is 0 Å². The van der Waals surface area contributed by atoms with E-state index < -0.39 is 0 Å². The van der Waals surface area contributed by atoms with Gasteiger partial charge in [-0.3, -0.25) is 9.55 Å². The van der Waals surface area contributed by atoms with Gasteiger partial charge in [-0.05, 0) is 0 Å². The number of nitrogens with one attached hydrogen (secondary N) is 1. The fraction of sp³-hybridized carbons (Fsp3) is 0.500. The van der Waals surface area contributed by atoms with Crippen LogP contribution in [0, 0.1) is 0 Å². The maximum atomic E-state index is 11.9. The predicted molar refractivity (Wildman–Crippen MR) is 58.1 cm³/mol. The maximum absolute atomic E-state index is 11.9. The second-order valence-corrected chi connectivity index (χ2v) is 4.15. The van der Waals surface area contributed by atoms with Crippen molar-refractivity contribution >= 4 is 11.2 Å². The molecule has 1 fully saturated rings. The van der Waals surface area contributed by atoms with Gasteiger partial charge in [-0.1, -0.05) is 0 Å². The van der Waals surface area contributed by atoms with Crippen LogP contribution in [0.4, 0.5) is 0 Å². The van der Waals surface area contributed by atoms with E-state index in [0.717, 1.165) is 31.4 Å². The van der Waals surface area contributed by atoms with E-state index in [1.165, 1.54) is 6.33 Å². The van der Waals surface area contributed by atoms with Crippen molar-refractivity contribution < 1.29 is 5.32 Å². The van der Waals surface area contributed by atoms with Crippen LogP contribution in [0.2, 0.25) is 0 Å². The highest BCUT2D eigenvalue weighted by atomic mass is 16.1. The molecule has 0 unspecified atom stereocenters. The van der Waals surface area contributed by atoms with E-state index in [9.17, 15) is 4.79 Å². The highest BCUT2D eigenvalue weighted by molar-refractivity contribution is 5.69. The van der Waals surface area contributed by atoms with Crippen LogP contribution in [0.5, 0.6) is 0 Å². The first-order chi connectivity index (χ1) is 7.86. The van der Waals surface area contributed by atoms with Gasteiger partial charge in [0, 0.05) is 18.9 Å². The third-order valence-electron chi connectivity index (χ3n) is 3.17. The maximum Gasteiger partial charge on any atom is 0.327 e. The van der Waals surface area contributed by atoms with Gasteiger partial charge in [0.05, 0.1) is 19.3 Å². The summed E-state index contributed by atoms with van der Waals surface area (Å²) in [6.45, 7) is 2.16. The summed E-state index contributed by atoms with van der Waals surface area (Å²) in [5, 5.41) is 2.28. The molecule has 0 bridgehead atoms. The Morgan fingerprint density at radius 3 is 3.06 bits per heavy atom. The number of H-pyrrole nitrogens is 1. The molecular weight excluding hydrogens is 206 g/mol. The van der Waals surface area contributed by atoms with Gasteiger partial charge >= 0.3 is 5.69 Å². The van der Waals surface area contributed by atoms with Crippen molar-refractivity contribution in [1.29, 1.82) is 0 Å². The topological polar surface area (TPSA) is 80.2 Å². The summed E-state index contributed by atoms with van der Waals surface area (Å²) in [7, 11) is 0. The minimum atomic E-state index is -0.0672. The lowest BCUT2D eigenvalue weighted by atomic mass is 10.1. The number of fused-ring (bicyclic) bond motifs is 1. The average Bonchev–Trinajstić information content (AvgIpc) is 2.66. The molecule has 0 aromatic carbocycles. The summed E-state index contributed by atoms with van der Waals surface area (Å²) >= 11 is 0. The Balaban J connectivity index is 2.14. The fourth-order valence-electron chi connectivity index (χ4n) is 2.40. The number of piperidine rings is 1. The summed E-state index contributed by atoms with van der Waals surface area (Å²) in [5.41, 5.74) is 1.39. The van der Waals surface area contributed by atoms with E-state index in [1.807, 2.05) is 4.57 Å². The number of nitrogens with two attached hydrogens (primary N) is 1. The standard InChI is InChI=1S/C10H13N5O/c16-10-14-9-8(5-12-6-13-9)15(10)7-1-3-11-4-2-7/h5-7,11H,1-4H2,(H,12,13,14,16)/p+1. The largest absolute Gasteiger partial charge is 0.346 e. The lowest BCUT2D eigenvalue weighted by Crippen LogP contribution is -2.86. The van der Waals surface area contributed by atoms with Gasteiger partial charge in [0.15, 0.2) is 5.65 Å². The first kappa shape index (κ1) is 9.53. The minimum Gasteiger partial charge on any atom is -0.346 e. The predicted octanol–water partition coefficient (Wildman–Crippen LogP) is -0.982.